The minimum atomic E-state index is -1.03. The Labute approximate surface area is 235 Å². The molecule has 0 fully saturated rings. The highest BCUT2D eigenvalue weighted by atomic mass is 19.2. The van der Waals surface area contributed by atoms with Gasteiger partial charge < -0.3 is 9.88 Å². The molecule has 0 aliphatic heterocycles. The van der Waals surface area contributed by atoms with Crippen LogP contribution in [0.1, 0.15) is 65.9 Å². The van der Waals surface area contributed by atoms with Crippen molar-refractivity contribution in [1.82, 2.24) is 29.6 Å². The number of carbonyl (C=O) groups is 1. The molecule has 1 N–H and O–H groups in total. The van der Waals surface area contributed by atoms with Crippen molar-refractivity contribution in [2.45, 2.75) is 46.7 Å². The molecule has 0 radical (unpaired) electrons. The van der Waals surface area contributed by atoms with Gasteiger partial charge in [-0.3, -0.25) is 14.6 Å². The second kappa shape index (κ2) is 10.9. The molecule has 0 bridgehead atoms. The summed E-state index contributed by atoms with van der Waals surface area (Å²) in [5, 5.41) is 7.82. The fourth-order valence-corrected chi connectivity index (χ4v) is 4.95. The van der Waals surface area contributed by atoms with Gasteiger partial charge in [0.15, 0.2) is 11.6 Å². The number of pyridine rings is 1. The van der Waals surface area contributed by atoms with Crippen molar-refractivity contribution in [1.29, 1.82) is 0 Å². The van der Waals surface area contributed by atoms with Crippen LogP contribution in [0.25, 0.3) is 21.9 Å². The molecule has 0 aliphatic carbocycles. The average molecular weight is 555 g/mol. The van der Waals surface area contributed by atoms with E-state index < -0.39 is 29.1 Å². The van der Waals surface area contributed by atoms with E-state index in [4.69, 9.17) is 0 Å². The van der Waals surface area contributed by atoms with Gasteiger partial charge in [0.25, 0.3) is 11.5 Å². The molecule has 41 heavy (non-hydrogen) atoms. The molecule has 0 saturated heterocycles. The number of hydrogen-bond acceptors (Lipinski definition) is 5. The largest absolute Gasteiger partial charge is 0.341 e. The highest BCUT2D eigenvalue weighted by Gasteiger charge is 2.19. The lowest BCUT2D eigenvalue weighted by molar-refractivity contribution is 0.0956. The molecular formula is C31H28F2N6O2. The second-order valence-corrected chi connectivity index (χ2v) is 10.1. The zero-order chi connectivity index (χ0) is 29.4. The van der Waals surface area contributed by atoms with Crippen LogP contribution in [0.4, 0.5) is 8.78 Å². The van der Waals surface area contributed by atoms with Crippen LogP contribution < -0.4 is 10.9 Å². The van der Waals surface area contributed by atoms with E-state index in [-0.39, 0.29) is 18.2 Å². The van der Waals surface area contributed by atoms with Gasteiger partial charge in [0.05, 0.1) is 35.5 Å². The fourth-order valence-electron chi connectivity index (χ4n) is 4.95. The summed E-state index contributed by atoms with van der Waals surface area (Å²) in [6, 6.07) is 9.99. The molecule has 1 amide bonds. The van der Waals surface area contributed by atoms with E-state index >= 15 is 0 Å². The smallest absolute Gasteiger partial charge is 0.280 e. The van der Waals surface area contributed by atoms with Gasteiger partial charge in [0, 0.05) is 17.0 Å². The number of benzene rings is 2. The molecule has 2 aromatic carbocycles. The molecule has 208 valence electrons. The number of amides is 1. The predicted octanol–water partition coefficient (Wildman–Crippen LogP) is 5.01. The third-order valence-corrected chi connectivity index (χ3v) is 6.87. The molecule has 5 aromatic rings. The summed E-state index contributed by atoms with van der Waals surface area (Å²) >= 11 is 0. The lowest BCUT2D eigenvalue weighted by Crippen LogP contribution is -2.36. The molecule has 3 heterocycles. The minimum absolute atomic E-state index is 0.00188. The van der Waals surface area contributed by atoms with Crippen LogP contribution in [-0.2, 0) is 0 Å². The summed E-state index contributed by atoms with van der Waals surface area (Å²) in [6.07, 6.45) is 1.78. The highest BCUT2D eigenvalue weighted by molar-refractivity contribution is 6.03. The first-order chi connectivity index (χ1) is 19.5. The van der Waals surface area contributed by atoms with Crippen molar-refractivity contribution in [2.75, 3.05) is 6.54 Å². The van der Waals surface area contributed by atoms with E-state index in [1.54, 1.807) is 20.0 Å². The number of imidazole rings is 1. The molecule has 0 aliphatic rings. The Morgan fingerprint density at radius 3 is 2.54 bits per heavy atom. The maximum absolute atomic E-state index is 13.8. The number of carbonyl (C=O) groups excluding carboxylic acids is 1. The SMILES string of the molecule is Cc1cc(C(=O)NCC#Cc2ccc3ncc4nc(C)n(C(C)C)c4c3c2)c(=O)n([C@@H](C)c2ccc(F)c(F)c2)n1. The summed E-state index contributed by atoms with van der Waals surface area (Å²) in [7, 11) is 0. The van der Waals surface area contributed by atoms with Crippen molar-refractivity contribution >= 4 is 27.8 Å². The van der Waals surface area contributed by atoms with Crippen molar-refractivity contribution in [3.63, 3.8) is 0 Å². The summed E-state index contributed by atoms with van der Waals surface area (Å²) in [6.45, 7) is 9.45. The van der Waals surface area contributed by atoms with Gasteiger partial charge >= 0.3 is 0 Å². The van der Waals surface area contributed by atoms with Crippen LogP contribution in [0.15, 0.2) is 53.5 Å². The van der Waals surface area contributed by atoms with Crippen LogP contribution in [0, 0.1) is 37.3 Å². The Morgan fingerprint density at radius 1 is 1.02 bits per heavy atom. The molecule has 3 aromatic heterocycles. The average Bonchev–Trinajstić information content (AvgIpc) is 3.29. The monoisotopic (exact) mass is 554 g/mol. The van der Waals surface area contributed by atoms with Crippen molar-refractivity contribution in [3.8, 4) is 11.8 Å². The van der Waals surface area contributed by atoms with Crippen LogP contribution in [-0.4, -0.2) is 36.8 Å². The van der Waals surface area contributed by atoms with E-state index in [9.17, 15) is 18.4 Å². The van der Waals surface area contributed by atoms with Crippen LogP contribution in [0.3, 0.4) is 0 Å². The molecular weight excluding hydrogens is 526 g/mol. The zero-order valence-corrected chi connectivity index (χ0v) is 23.3. The summed E-state index contributed by atoms with van der Waals surface area (Å²) in [4.78, 5) is 35.2. The zero-order valence-electron chi connectivity index (χ0n) is 23.3. The molecule has 0 spiro atoms. The van der Waals surface area contributed by atoms with Crippen molar-refractivity contribution in [2.24, 2.45) is 0 Å². The highest BCUT2D eigenvalue weighted by Crippen LogP contribution is 2.28. The molecule has 8 nitrogen and oxygen atoms in total. The van der Waals surface area contributed by atoms with E-state index in [1.807, 2.05) is 25.1 Å². The number of aromatic nitrogens is 5. The first-order valence-corrected chi connectivity index (χ1v) is 13.1. The van der Waals surface area contributed by atoms with Crippen molar-refractivity contribution < 1.29 is 13.6 Å². The van der Waals surface area contributed by atoms with E-state index in [1.165, 1.54) is 12.1 Å². The van der Waals surface area contributed by atoms with Crippen molar-refractivity contribution in [3.05, 3.63) is 98.9 Å². The van der Waals surface area contributed by atoms with E-state index in [0.29, 0.717) is 11.3 Å². The number of nitrogens with one attached hydrogen (secondary N) is 1. The number of hydrogen-bond donors (Lipinski definition) is 1. The Balaban J connectivity index is 1.37. The van der Waals surface area contributed by atoms with E-state index in [0.717, 1.165) is 50.1 Å². The number of aryl methyl sites for hydroxylation is 2. The quantitative estimate of drug-likeness (QED) is 0.308. The number of fused-ring (bicyclic) bond motifs is 3. The number of rotatable bonds is 5. The van der Waals surface area contributed by atoms with Gasteiger partial charge in [0.2, 0.25) is 0 Å². The van der Waals surface area contributed by atoms with Gasteiger partial charge in [-0.1, -0.05) is 17.9 Å². The summed E-state index contributed by atoms with van der Waals surface area (Å²) in [5.74, 6) is 4.29. The topological polar surface area (TPSA) is 94.7 Å². The standard InChI is InChI=1S/C31H28F2N6O2/c1-17(2)38-20(5)36-28-16-35-27-11-8-21(14-23(27)29(28)38)7-6-12-34-30(40)24-13-18(3)37-39(31(24)41)19(4)22-9-10-25(32)26(33)15-22/h8-11,13-17,19H,12H2,1-5H3,(H,34,40)/t19-/m0/s1. The number of nitrogens with zero attached hydrogens (tertiary/aromatic N) is 5. The van der Waals surface area contributed by atoms with Crippen LogP contribution in [0.2, 0.25) is 0 Å². The normalized spacial score (nSPS) is 12.0. The first kappa shape index (κ1) is 27.6. The Kier molecular flexibility index (Phi) is 7.37. The predicted molar refractivity (Wildman–Crippen MR) is 153 cm³/mol. The Morgan fingerprint density at radius 2 is 1.80 bits per heavy atom. The van der Waals surface area contributed by atoms with Gasteiger partial charge in [0.1, 0.15) is 16.9 Å². The lowest BCUT2D eigenvalue weighted by atomic mass is 10.1. The van der Waals surface area contributed by atoms with Crippen LogP contribution in [0.5, 0.6) is 0 Å². The molecule has 1 atom stereocenters. The maximum atomic E-state index is 13.8. The van der Waals surface area contributed by atoms with E-state index in [2.05, 4.69) is 50.6 Å². The lowest BCUT2D eigenvalue weighted by Gasteiger charge is -2.16. The first-order valence-electron chi connectivity index (χ1n) is 13.1. The second-order valence-electron chi connectivity index (χ2n) is 10.1. The summed E-state index contributed by atoms with van der Waals surface area (Å²) < 4.78 is 30.4. The maximum Gasteiger partial charge on any atom is 0.280 e. The minimum Gasteiger partial charge on any atom is -0.341 e. The van der Waals surface area contributed by atoms with Gasteiger partial charge in [-0.2, -0.15) is 5.10 Å². The molecule has 0 saturated carbocycles. The molecule has 10 heteroatoms. The van der Waals surface area contributed by atoms with Gasteiger partial charge in [-0.25, -0.2) is 18.4 Å². The Hall–Kier alpha value is -4.91. The van der Waals surface area contributed by atoms with Gasteiger partial charge in [-0.15, -0.1) is 0 Å². The third-order valence-electron chi connectivity index (χ3n) is 6.87. The van der Waals surface area contributed by atoms with Gasteiger partial charge in [-0.05, 0) is 76.6 Å². The summed E-state index contributed by atoms with van der Waals surface area (Å²) in [5.41, 5.74) is 3.39. The molecule has 5 rings (SSSR count). The molecule has 0 unspecified atom stereocenters. The number of halogens is 2. The third kappa shape index (κ3) is 5.31. The Bertz CT molecular complexity index is 1950. The fraction of sp³-hybridized carbons (Fsp3) is 0.258. The van der Waals surface area contributed by atoms with Crippen LogP contribution >= 0.6 is 0 Å².